The SMILES string of the molecule is CC(C)[C@H]1COC(=O)N1c1ccnc(N[C@H](C)c2ccc(S(=O)(=O)N(C)C)cc2)n1. The van der Waals surface area contributed by atoms with Crippen molar-refractivity contribution in [3.8, 4) is 0 Å². The van der Waals surface area contributed by atoms with Gasteiger partial charge in [-0.25, -0.2) is 22.5 Å². The number of sulfonamides is 1. The molecule has 1 fully saturated rings. The lowest BCUT2D eigenvalue weighted by Gasteiger charge is -2.23. The van der Waals surface area contributed by atoms with Gasteiger partial charge in [-0.15, -0.1) is 0 Å². The number of hydrogen-bond acceptors (Lipinski definition) is 7. The third kappa shape index (κ3) is 4.39. The van der Waals surface area contributed by atoms with Gasteiger partial charge in [0.15, 0.2) is 0 Å². The van der Waals surface area contributed by atoms with E-state index in [2.05, 4.69) is 15.3 Å². The van der Waals surface area contributed by atoms with Crippen molar-refractivity contribution in [3.63, 3.8) is 0 Å². The van der Waals surface area contributed by atoms with Gasteiger partial charge in [0.1, 0.15) is 12.4 Å². The number of benzene rings is 1. The third-order valence-electron chi connectivity index (χ3n) is 5.07. The topological polar surface area (TPSA) is 105 Å². The van der Waals surface area contributed by atoms with E-state index in [1.807, 2.05) is 20.8 Å². The molecule has 1 N–H and O–H groups in total. The first-order valence-electron chi connectivity index (χ1n) is 9.69. The number of aromatic nitrogens is 2. The number of carbonyl (C=O) groups is 1. The Kier molecular flexibility index (Phi) is 6.27. The second-order valence-electron chi connectivity index (χ2n) is 7.72. The molecule has 0 aliphatic carbocycles. The maximum atomic E-state index is 12.2. The van der Waals surface area contributed by atoms with Crippen LogP contribution in [0.3, 0.4) is 0 Å². The summed E-state index contributed by atoms with van der Waals surface area (Å²) in [5.41, 5.74) is 0.877. The second kappa shape index (κ2) is 8.57. The van der Waals surface area contributed by atoms with Crippen molar-refractivity contribution in [2.75, 3.05) is 30.9 Å². The van der Waals surface area contributed by atoms with Crippen molar-refractivity contribution in [2.24, 2.45) is 5.92 Å². The van der Waals surface area contributed by atoms with Crippen molar-refractivity contribution < 1.29 is 17.9 Å². The van der Waals surface area contributed by atoms with Crippen LogP contribution in [-0.4, -0.2) is 55.5 Å². The van der Waals surface area contributed by atoms with Gasteiger partial charge in [-0.05, 0) is 36.6 Å². The van der Waals surface area contributed by atoms with Gasteiger partial charge in [-0.1, -0.05) is 26.0 Å². The van der Waals surface area contributed by atoms with Crippen molar-refractivity contribution in [2.45, 2.75) is 37.8 Å². The molecule has 1 amide bonds. The van der Waals surface area contributed by atoms with Crippen LogP contribution in [0.25, 0.3) is 0 Å². The van der Waals surface area contributed by atoms with Gasteiger partial charge in [-0.3, -0.25) is 4.90 Å². The lowest BCUT2D eigenvalue weighted by molar-refractivity contribution is 0.177. The number of amides is 1. The minimum Gasteiger partial charge on any atom is -0.447 e. The minimum atomic E-state index is -3.47. The monoisotopic (exact) mass is 433 g/mol. The first-order valence-corrected chi connectivity index (χ1v) is 11.1. The zero-order chi connectivity index (χ0) is 22.1. The van der Waals surface area contributed by atoms with Gasteiger partial charge in [0.2, 0.25) is 16.0 Å². The van der Waals surface area contributed by atoms with Crippen molar-refractivity contribution in [3.05, 3.63) is 42.1 Å². The molecule has 1 aliphatic heterocycles. The van der Waals surface area contributed by atoms with Crippen LogP contribution in [0, 0.1) is 5.92 Å². The number of cyclic esters (lactones) is 1. The smallest absolute Gasteiger partial charge is 0.415 e. The largest absolute Gasteiger partial charge is 0.447 e. The van der Waals surface area contributed by atoms with E-state index in [0.717, 1.165) is 5.56 Å². The van der Waals surface area contributed by atoms with Crippen LogP contribution in [-0.2, 0) is 14.8 Å². The van der Waals surface area contributed by atoms with Gasteiger partial charge in [-0.2, -0.15) is 4.98 Å². The average molecular weight is 434 g/mol. The molecule has 1 aliphatic rings. The van der Waals surface area contributed by atoms with Crippen LogP contribution in [0.2, 0.25) is 0 Å². The number of nitrogens with one attached hydrogen (secondary N) is 1. The summed E-state index contributed by atoms with van der Waals surface area (Å²) < 4.78 is 30.8. The fourth-order valence-corrected chi connectivity index (χ4v) is 4.06. The molecule has 0 bridgehead atoms. The molecule has 0 unspecified atom stereocenters. The number of anilines is 2. The Morgan fingerprint density at radius 2 is 1.83 bits per heavy atom. The normalized spacial score (nSPS) is 18.0. The molecule has 2 atom stereocenters. The number of ether oxygens (including phenoxy) is 1. The predicted octanol–water partition coefficient (Wildman–Crippen LogP) is 2.88. The molecular weight excluding hydrogens is 406 g/mol. The highest BCUT2D eigenvalue weighted by molar-refractivity contribution is 7.89. The van der Waals surface area contributed by atoms with Gasteiger partial charge < -0.3 is 10.1 Å². The second-order valence-corrected chi connectivity index (χ2v) is 9.87. The first-order chi connectivity index (χ1) is 14.1. The van der Waals surface area contributed by atoms with Gasteiger partial charge in [0, 0.05) is 20.3 Å². The molecule has 2 heterocycles. The van der Waals surface area contributed by atoms with E-state index in [1.54, 1.807) is 41.4 Å². The van der Waals surface area contributed by atoms with E-state index in [-0.39, 0.29) is 22.9 Å². The zero-order valence-corrected chi connectivity index (χ0v) is 18.5. The number of rotatable bonds is 7. The molecular formula is C20H27N5O4S. The molecule has 1 saturated heterocycles. The van der Waals surface area contributed by atoms with E-state index < -0.39 is 16.1 Å². The maximum Gasteiger partial charge on any atom is 0.415 e. The summed E-state index contributed by atoms with van der Waals surface area (Å²) in [7, 11) is -0.476. The molecule has 162 valence electrons. The zero-order valence-electron chi connectivity index (χ0n) is 17.7. The molecule has 0 spiro atoms. The van der Waals surface area contributed by atoms with Crippen molar-refractivity contribution >= 4 is 27.9 Å². The molecule has 0 saturated carbocycles. The Balaban J connectivity index is 1.77. The van der Waals surface area contributed by atoms with E-state index in [4.69, 9.17) is 4.74 Å². The Labute approximate surface area is 177 Å². The van der Waals surface area contributed by atoms with Crippen LogP contribution in [0.5, 0.6) is 0 Å². The van der Waals surface area contributed by atoms with Gasteiger partial charge in [0.25, 0.3) is 0 Å². The first kappa shape index (κ1) is 22.0. The van der Waals surface area contributed by atoms with Gasteiger partial charge in [0.05, 0.1) is 17.0 Å². The highest BCUT2D eigenvalue weighted by atomic mass is 32.2. The lowest BCUT2D eigenvalue weighted by Crippen LogP contribution is -2.37. The molecule has 3 rings (SSSR count). The summed E-state index contributed by atoms with van der Waals surface area (Å²) in [6, 6.07) is 8.08. The molecule has 9 nitrogen and oxygen atoms in total. The van der Waals surface area contributed by atoms with Crippen LogP contribution >= 0.6 is 0 Å². The molecule has 1 aromatic heterocycles. The molecule has 0 radical (unpaired) electrons. The molecule has 2 aromatic rings. The summed E-state index contributed by atoms with van der Waals surface area (Å²) in [5.74, 6) is 1.07. The van der Waals surface area contributed by atoms with E-state index >= 15 is 0 Å². The summed E-state index contributed by atoms with van der Waals surface area (Å²) in [4.78, 5) is 22.7. The highest BCUT2D eigenvalue weighted by Crippen LogP contribution is 2.27. The fraction of sp³-hybridized carbons (Fsp3) is 0.450. The summed E-state index contributed by atoms with van der Waals surface area (Å²) in [6.45, 7) is 6.32. The number of carbonyl (C=O) groups excluding carboxylic acids is 1. The molecule has 10 heteroatoms. The Bertz CT molecular complexity index is 1010. The standard InChI is InChI=1S/C20H27N5O4S/c1-13(2)17-12-29-20(26)25(17)18-10-11-21-19(23-18)22-14(3)15-6-8-16(9-7-15)30(27,28)24(4)5/h6-11,13-14,17H,12H2,1-5H3,(H,21,22,23)/t14-,17-/m1/s1. The third-order valence-corrected chi connectivity index (χ3v) is 6.90. The van der Waals surface area contributed by atoms with E-state index in [0.29, 0.717) is 18.4 Å². The Morgan fingerprint density at radius 1 is 1.17 bits per heavy atom. The van der Waals surface area contributed by atoms with E-state index in [9.17, 15) is 13.2 Å². The lowest BCUT2D eigenvalue weighted by atomic mass is 10.0. The van der Waals surface area contributed by atoms with E-state index in [1.165, 1.54) is 18.4 Å². The summed E-state index contributed by atoms with van der Waals surface area (Å²) in [6.07, 6.45) is 1.18. The highest BCUT2D eigenvalue weighted by Gasteiger charge is 2.37. The average Bonchev–Trinajstić information content (AvgIpc) is 3.10. The Morgan fingerprint density at radius 3 is 2.43 bits per heavy atom. The van der Waals surface area contributed by atoms with Crippen LogP contribution in [0.15, 0.2) is 41.4 Å². The van der Waals surface area contributed by atoms with Crippen LogP contribution < -0.4 is 10.2 Å². The Hall–Kier alpha value is -2.72. The number of nitrogens with zero attached hydrogens (tertiary/aromatic N) is 4. The fourth-order valence-electron chi connectivity index (χ4n) is 3.16. The van der Waals surface area contributed by atoms with Crippen LogP contribution in [0.1, 0.15) is 32.4 Å². The molecule has 1 aromatic carbocycles. The van der Waals surface area contributed by atoms with Gasteiger partial charge >= 0.3 is 6.09 Å². The predicted molar refractivity (Wildman–Crippen MR) is 114 cm³/mol. The van der Waals surface area contributed by atoms with Crippen molar-refractivity contribution in [1.29, 1.82) is 0 Å². The minimum absolute atomic E-state index is 0.0798. The van der Waals surface area contributed by atoms with Crippen molar-refractivity contribution in [1.82, 2.24) is 14.3 Å². The molecule has 30 heavy (non-hydrogen) atoms. The summed E-state index contributed by atoms with van der Waals surface area (Å²) >= 11 is 0. The quantitative estimate of drug-likeness (QED) is 0.716. The van der Waals surface area contributed by atoms with Crippen LogP contribution in [0.4, 0.5) is 16.6 Å². The summed E-state index contributed by atoms with van der Waals surface area (Å²) in [5, 5.41) is 3.20. The number of hydrogen-bond donors (Lipinski definition) is 1. The maximum absolute atomic E-state index is 12.2.